The molecule has 0 aliphatic carbocycles. The summed E-state index contributed by atoms with van der Waals surface area (Å²) < 4.78 is 25.9. The van der Waals surface area contributed by atoms with Crippen LogP contribution in [0.3, 0.4) is 0 Å². The average molecular weight is 1520 g/mol. The van der Waals surface area contributed by atoms with Crippen LogP contribution in [0, 0.1) is 111 Å². The van der Waals surface area contributed by atoms with Crippen molar-refractivity contribution < 1.29 is 18.9 Å². The number of methoxy groups -OCH3 is 4. The number of aromatic amines is 4. The van der Waals surface area contributed by atoms with E-state index in [1.54, 1.807) is 28.4 Å². The normalized spacial score (nSPS) is 12.2. The first-order valence-electron chi connectivity index (χ1n) is 39.7. The summed E-state index contributed by atoms with van der Waals surface area (Å²) in [6.07, 6.45) is 17.0. The highest BCUT2D eigenvalue weighted by molar-refractivity contribution is 6.06. The van der Waals surface area contributed by atoms with E-state index in [4.69, 9.17) is 38.9 Å². The molecule has 0 saturated heterocycles. The van der Waals surface area contributed by atoms with Gasteiger partial charge in [-0.1, -0.05) is 70.8 Å². The summed E-state index contributed by atoms with van der Waals surface area (Å²) in [4.78, 5) is 37.3. The Bertz CT molecular complexity index is 6200. The monoisotopic (exact) mass is 1520 g/mol. The number of hydrogen-bond acceptors (Lipinski definition) is 8. The summed E-state index contributed by atoms with van der Waals surface area (Å²) in [5.74, 6) is 2.92. The molecule has 24 bridgehead atoms. The molecule has 4 aliphatic heterocycles. The fourth-order valence-corrected chi connectivity index (χ4v) is 18.4. The lowest BCUT2D eigenvalue weighted by molar-refractivity contribution is 0.424. The molecule has 11 aromatic heterocycles. The van der Waals surface area contributed by atoms with Crippen LogP contribution in [-0.2, 0) is 0 Å². The molecule has 15 heterocycles. The van der Waals surface area contributed by atoms with Gasteiger partial charge >= 0.3 is 0 Å². The Labute approximate surface area is 677 Å². The van der Waals surface area contributed by atoms with Gasteiger partial charge in [0.25, 0.3) is 0 Å². The van der Waals surface area contributed by atoms with E-state index in [-0.39, 0.29) is 0 Å². The summed E-state index contributed by atoms with van der Waals surface area (Å²) >= 11 is 0. The van der Waals surface area contributed by atoms with Gasteiger partial charge in [0.1, 0.15) is 23.0 Å². The van der Waals surface area contributed by atoms with E-state index < -0.39 is 0 Å². The highest BCUT2D eigenvalue weighted by Gasteiger charge is 2.24. The van der Waals surface area contributed by atoms with Crippen LogP contribution in [0.1, 0.15) is 135 Å². The molecule has 23 rings (SSSR count). The van der Waals surface area contributed by atoms with E-state index in [1.165, 1.54) is 66.8 Å². The molecule has 4 aliphatic rings. The number of ether oxygens (including phenoxy) is 4. The highest BCUT2D eigenvalue weighted by Crippen LogP contribution is 2.45. The number of nitrogens with zero attached hydrogens (tertiary/aromatic N) is 4. The third-order valence-electron chi connectivity index (χ3n) is 23.0. The Balaban J connectivity index is 0.928. The zero-order valence-corrected chi connectivity index (χ0v) is 69.9. The van der Waals surface area contributed by atoms with E-state index >= 15 is 0 Å². The maximum absolute atomic E-state index is 6.47. The molecular formula is C104H96N8O4. The van der Waals surface area contributed by atoms with Crippen LogP contribution in [-0.4, -0.2) is 68.3 Å². The van der Waals surface area contributed by atoms with Crippen LogP contribution in [0.2, 0.25) is 0 Å². The second-order valence-corrected chi connectivity index (χ2v) is 32.3. The van der Waals surface area contributed by atoms with Crippen LogP contribution in [0.5, 0.6) is 23.0 Å². The number of benzene rings is 8. The Morgan fingerprint density at radius 1 is 0.190 bits per heavy atom. The minimum Gasteiger partial charge on any atom is -0.495 e. The average Bonchev–Trinajstić information content (AvgIpc) is 1.72. The van der Waals surface area contributed by atoms with Crippen molar-refractivity contribution in [3.63, 3.8) is 0 Å². The van der Waals surface area contributed by atoms with Crippen molar-refractivity contribution in [2.75, 3.05) is 28.4 Å². The molecule has 4 N–H and O–H groups in total. The van der Waals surface area contributed by atoms with Crippen molar-refractivity contribution >= 4 is 136 Å². The largest absolute Gasteiger partial charge is 0.495 e. The molecule has 116 heavy (non-hydrogen) atoms. The first-order chi connectivity index (χ1) is 55.8. The van der Waals surface area contributed by atoms with Gasteiger partial charge in [-0.2, -0.15) is 0 Å². The fraction of sp³-hybridized carbons (Fsp3) is 0.192. The lowest BCUT2D eigenvalue weighted by atomic mass is 9.93. The maximum Gasteiger partial charge on any atom is 0.137 e. The smallest absolute Gasteiger partial charge is 0.137 e. The minimum absolute atomic E-state index is 0.731. The zero-order chi connectivity index (χ0) is 81.1. The van der Waals surface area contributed by atoms with Crippen LogP contribution in [0.25, 0.3) is 180 Å². The Morgan fingerprint density at radius 3 is 0.517 bits per heavy atom. The third kappa shape index (κ3) is 13.7. The van der Waals surface area contributed by atoms with Gasteiger partial charge in [-0.25, -0.2) is 19.9 Å². The topological polar surface area (TPSA) is 152 Å². The van der Waals surface area contributed by atoms with Crippen molar-refractivity contribution in [2.45, 2.75) is 111 Å². The lowest BCUT2D eigenvalue weighted by Crippen LogP contribution is -1.95. The highest BCUT2D eigenvalue weighted by atomic mass is 16.5. The summed E-state index contributed by atoms with van der Waals surface area (Å²) in [7, 11) is 7.00. The van der Waals surface area contributed by atoms with Crippen molar-refractivity contribution in [1.82, 2.24) is 39.9 Å². The zero-order valence-electron chi connectivity index (χ0n) is 69.9. The number of rotatable bonds is 8. The third-order valence-corrected chi connectivity index (χ3v) is 23.0. The molecule has 8 aromatic carbocycles. The van der Waals surface area contributed by atoms with E-state index in [1.807, 2.05) is 0 Å². The first-order valence-corrected chi connectivity index (χ1v) is 39.7. The second-order valence-electron chi connectivity index (χ2n) is 32.3. The lowest BCUT2D eigenvalue weighted by Gasteiger charge is -2.14. The number of hydrogen-bond donors (Lipinski definition) is 4. The van der Waals surface area contributed by atoms with Crippen molar-refractivity contribution in [2.24, 2.45) is 0 Å². The van der Waals surface area contributed by atoms with Crippen LogP contribution >= 0.6 is 0 Å². The first kappa shape index (κ1) is 75.4. The van der Waals surface area contributed by atoms with Crippen LogP contribution < -0.4 is 18.9 Å². The second kappa shape index (κ2) is 29.6. The van der Waals surface area contributed by atoms with Gasteiger partial charge in [0.15, 0.2) is 0 Å². The van der Waals surface area contributed by atoms with Crippen molar-refractivity contribution in [3.8, 4) is 67.5 Å². The molecule has 0 saturated carbocycles. The molecule has 0 spiro atoms. The molecule has 0 fully saturated rings. The number of aromatic nitrogens is 8. The molecule has 0 amide bonds. The van der Waals surface area contributed by atoms with Gasteiger partial charge in [-0.15, -0.1) is 0 Å². The van der Waals surface area contributed by atoms with E-state index in [0.29, 0.717) is 0 Å². The molecule has 12 heteroatoms. The Hall–Kier alpha value is -13.3. The SMILES string of the molecule is COc1c2cc(C)cc1c1cc(cc(-c3c(C)cc(C)cc3C)c3nc(c4cc(C)cc(c4OC)c4cc(cc(-c5c(C)cc(C)cc5C)c5nc(c6cc(C)cc(c6OC)c6cc(cc(-c7c(C)cc(C)cc7C)c7nc(c8cc(C)cc(c8OC)c8cc(cc(-c9c(C)cc(C)cc9C)c9nc2C=C9)[nH]8)C=C7)[nH]6)C=C5)[nH]4)C=C3)[nH]1. The summed E-state index contributed by atoms with van der Waals surface area (Å²) in [6.45, 7) is 34.7. The summed E-state index contributed by atoms with van der Waals surface area (Å²) in [6, 6.07) is 53.3. The van der Waals surface area contributed by atoms with E-state index in [9.17, 15) is 0 Å². The molecular weight excluding hydrogens is 1430 g/mol. The quantitative estimate of drug-likeness (QED) is 0.117. The molecule has 19 aromatic rings. The van der Waals surface area contributed by atoms with Crippen LogP contribution in [0.4, 0.5) is 0 Å². The molecule has 0 atom stereocenters. The van der Waals surface area contributed by atoms with Gasteiger partial charge in [0.05, 0.1) is 96.1 Å². The molecule has 12 nitrogen and oxygen atoms in total. The summed E-state index contributed by atoms with van der Waals surface area (Å²) in [5.41, 5.74) is 41.2. The standard InChI is InChI=1S/C104H96N8O4/c1-53-29-61(9)97(62(10)30-53)73-45-69-49-93(105-69)81-41-58(6)38-78(102(81)114-18)90-26-22-86(110-90)75(99-65(13)33-55(3)34-66(99)14)47-71-51-95(107-71)83-43-60(8)40-80(104(83)116-20)92-28-24-88(112-92)76(100-67(15)35-56(4)36-68(100)16)48-72-52-96(108-72)84-44-59(7)39-79(103(84)115-19)91-27-23-87(111-91)74(98-63(11)31-54(2)32-64(98)12)46-70-50-94(106-70)82-42-57(5)37-77(101(82)113-17)89-25-21-85(73)109-89/h21-52,105-108H,1-20H3. The number of aryl methyl sites for hydroxylation is 16. The van der Waals surface area contributed by atoms with Gasteiger partial charge in [-0.3, -0.25) is 0 Å². The predicted molar refractivity (Wildman–Crippen MR) is 489 cm³/mol. The molecule has 0 radical (unpaired) electrons. The number of nitrogens with one attached hydrogen (secondary N) is 4. The van der Waals surface area contributed by atoms with E-state index in [0.717, 1.165) is 223 Å². The van der Waals surface area contributed by atoms with Crippen molar-refractivity contribution in [1.29, 1.82) is 0 Å². The van der Waals surface area contributed by atoms with Gasteiger partial charge in [-0.05, 0) is 345 Å². The predicted octanol–water partition coefficient (Wildman–Crippen LogP) is 26.7. The molecule has 576 valence electrons. The summed E-state index contributed by atoms with van der Waals surface area (Å²) in [5, 5.41) is 7.36. The maximum atomic E-state index is 6.47. The van der Waals surface area contributed by atoms with Crippen molar-refractivity contribution in [3.05, 3.63) is 280 Å². The van der Waals surface area contributed by atoms with Crippen LogP contribution in [0.15, 0.2) is 146 Å². The Morgan fingerprint density at radius 2 is 0.345 bits per heavy atom. The van der Waals surface area contributed by atoms with Gasteiger partial charge in [0.2, 0.25) is 0 Å². The molecule has 0 unspecified atom stereocenters. The minimum atomic E-state index is 0.731. The number of H-pyrrole nitrogens is 4. The fourth-order valence-electron chi connectivity index (χ4n) is 18.4. The van der Waals surface area contributed by atoms with Gasteiger partial charge in [0, 0.05) is 87.4 Å². The van der Waals surface area contributed by atoms with Gasteiger partial charge < -0.3 is 38.9 Å². The van der Waals surface area contributed by atoms with E-state index in [2.05, 4.69) is 325 Å². The Kier molecular flexibility index (Phi) is 19.2.